The smallest absolute Gasteiger partial charge is 0.230 e. The quantitative estimate of drug-likeness (QED) is 0.758. The van der Waals surface area contributed by atoms with Gasteiger partial charge in [-0.25, -0.2) is 0 Å². The summed E-state index contributed by atoms with van der Waals surface area (Å²) in [5, 5.41) is 0. The predicted molar refractivity (Wildman–Crippen MR) is 115 cm³/mol. The number of para-hydroxylation sites is 1. The molecule has 1 aliphatic carbocycles. The van der Waals surface area contributed by atoms with Crippen molar-refractivity contribution < 1.29 is 9.59 Å². The highest BCUT2D eigenvalue weighted by Crippen LogP contribution is 2.35. The fraction of sp³-hybridized carbons (Fsp3) is 0.440. The zero-order valence-electron chi connectivity index (χ0n) is 17.2. The summed E-state index contributed by atoms with van der Waals surface area (Å²) in [6.45, 7) is 4.22. The highest BCUT2D eigenvalue weighted by atomic mass is 16.2. The van der Waals surface area contributed by atoms with Crippen LogP contribution in [-0.4, -0.2) is 29.8 Å². The first-order valence-corrected chi connectivity index (χ1v) is 10.9. The van der Waals surface area contributed by atoms with Crippen molar-refractivity contribution in [1.82, 2.24) is 4.90 Å². The van der Waals surface area contributed by atoms with Crippen molar-refractivity contribution in [3.05, 3.63) is 65.7 Å². The van der Waals surface area contributed by atoms with Crippen molar-refractivity contribution in [2.45, 2.75) is 45.6 Å². The van der Waals surface area contributed by atoms with E-state index in [0.29, 0.717) is 6.54 Å². The number of hydrogen-bond acceptors (Lipinski definition) is 2. The minimum atomic E-state index is 0.0496. The summed E-state index contributed by atoms with van der Waals surface area (Å²) >= 11 is 0. The van der Waals surface area contributed by atoms with Gasteiger partial charge < -0.3 is 9.80 Å². The summed E-state index contributed by atoms with van der Waals surface area (Å²) in [7, 11) is 0. The lowest BCUT2D eigenvalue weighted by Gasteiger charge is -2.33. The predicted octanol–water partition coefficient (Wildman–Crippen LogP) is 4.43. The fourth-order valence-corrected chi connectivity index (χ4v) is 4.78. The van der Waals surface area contributed by atoms with Gasteiger partial charge >= 0.3 is 0 Å². The third-order valence-electron chi connectivity index (χ3n) is 6.49. The van der Waals surface area contributed by atoms with E-state index in [4.69, 9.17) is 0 Å². The highest BCUT2D eigenvalue weighted by molar-refractivity contribution is 5.97. The van der Waals surface area contributed by atoms with Gasteiger partial charge in [-0.1, -0.05) is 48.5 Å². The van der Waals surface area contributed by atoms with Crippen LogP contribution in [0.5, 0.6) is 0 Å². The molecule has 0 N–H and O–H groups in total. The SMILES string of the molecule is CCN(Cc1ccccc1)C(=O)C1CCC(C(=O)N2CCc3ccccc32)CC1. The second kappa shape index (κ2) is 8.81. The van der Waals surface area contributed by atoms with Crippen LogP contribution in [0.25, 0.3) is 0 Å². The number of anilines is 1. The second-order valence-corrected chi connectivity index (χ2v) is 8.26. The average molecular weight is 391 g/mol. The number of fused-ring (bicyclic) bond motifs is 1. The molecule has 29 heavy (non-hydrogen) atoms. The molecule has 4 rings (SSSR count). The molecule has 2 aromatic rings. The van der Waals surface area contributed by atoms with Crippen LogP contribution in [-0.2, 0) is 22.6 Å². The Bertz CT molecular complexity index is 856. The molecule has 0 unspecified atom stereocenters. The van der Waals surface area contributed by atoms with E-state index in [1.165, 1.54) is 11.1 Å². The topological polar surface area (TPSA) is 40.6 Å². The Morgan fingerprint density at radius 1 is 0.931 bits per heavy atom. The summed E-state index contributed by atoms with van der Waals surface area (Å²) in [4.78, 5) is 30.1. The maximum absolute atomic E-state index is 13.1. The lowest BCUT2D eigenvalue weighted by atomic mass is 9.80. The third-order valence-corrected chi connectivity index (χ3v) is 6.49. The molecule has 1 fully saturated rings. The van der Waals surface area contributed by atoms with Gasteiger partial charge in [0.1, 0.15) is 0 Å². The average Bonchev–Trinajstić information content (AvgIpc) is 3.21. The molecule has 0 bridgehead atoms. The molecule has 4 heteroatoms. The van der Waals surface area contributed by atoms with Crippen molar-refractivity contribution >= 4 is 17.5 Å². The Morgan fingerprint density at radius 3 is 2.31 bits per heavy atom. The molecular weight excluding hydrogens is 360 g/mol. The fourth-order valence-electron chi connectivity index (χ4n) is 4.78. The molecule has 0 atom stereocenters. The van der Waals surface area contributed by atoms with Gasteiger partial charge in [0, 0.05) is 37.2 Å². The van der Waals surface area contributed by atoms with Crippen LogP contribution < -0.4 is 4.90 Å². The lowest BCUT2D eigenvalue weighted by molar-refractivity contribution is -0.138. The number of carbonyl (C=O) groups excluding carboxylic acids is 2. The van der Waals surface area contributed by atoms with E-state index >= 15 is 0 Å². The van der Waals surface area contributed by atoms with Crippen LogP contribution >= 0.6 is 0 Å². The van der Waals surface area contributed by atoms with E-state index in [1.807, 2.05) is 47.1 Å². The van der Waals surface area contributed by atoms with Gasteiger partial charge in [-0.3, -0.25) is 9.59 Å². The van der Waals surface area contributed by atoms with Crippen LogP contribution in [0.2, 0.25) is 0 Å². The van der Waals surface area contributed by atoms with Gasteiger partial charge in [-0.15, -0.1) is 0 Å². The Labute approximate surface area is 173 Å². The second-order valence-electron chi connectivity index (χ2n) is 8.26. The van der Waals surface area contributed by atoms with Crippen LogP contribution in [0.3, 0.4) is 0 Å². The molecule has 4 nitrogen and oxygen atoms in total. The Balaban J connectivity index is 1.34. The first-order chi connectivity index (χ1) is 14.2. The largest absolute Gasteiger partial charge is 0.338 e. The molecule has 1 heterocycles. The van der Waals surface area contributed by atoms with Crippen molar-refractivity contribution in [2.75, 3.05) is 18.0 Å². The molecule has 1 aliphatic heterocycles. The summed E-state index contributed by atoms with van der Waals surface area (Å²) in [5.74, 6) is 0.592. The molecule has 2 amide bonds. The number of carbonyl (C=O) groups is 2. The first kappa shape index (κ1) is 19.7. The summed E-state index contributed by atoms with van der Waals surface area (Å²) in [5.41, 5.74) is 3.51. The molecule has 0 spiro atoms. The van der Waals surface area contributed by atoms with E-state index < -0.39 is 0 Å². The molecule has 2 aliphatic rings. The van der Waals surface area contributed by atoms with Crippen molar-refractivity contribution in [3.63, 3.8) is 0 Å². The van der Waals surface area contributed by atoms with E-state index in [0.717, 1.165) is 50.9 Å². The van der Waals surface area contributed by atoms with Gasteiger partial charge in [0.2, 0.25) is 11.8 Å². The van der Waals surface area contributed by atoms with Crippen LogP contribution in [0.15, 0.2) is 54.6 Å². The van der Waals surface area contributed by atoms with E-state index in [1.54, 1.807) is 0 Å². The molecule has 1 saturated carbocycles. The van der Waals surface area contributed by atoms with Gasteiger partial charge in [0.25, 0.3) is 0 Å². The van der Waals surface area contributed by atoms with Gasteiger partial charge in [-0.2, -0.15) is 0 Å². The molecular formula is C25H30N2O2. The summed E-state index contributed by atoms with van der Waals surface area (Å²) in [6, 6.07) is 18.4. The zero-order valence-corrected chi connectivity index (χ0v) is 17.2. The Kier molecular flexibility index (Phi) is 5.98. The maximum atomic E-state index is 13.1. The minimum Gasteiger partial charge on any atom is -0.338 e. The highest BCUT2D eigenvalue weighted by Gasteiger charge is 2.35. The Morgan fingerprint density at radius 2 is 1.59 bits per heavy atom. The van der Waals surface area contributed by atoms with Gasteiger partial charge in [-0.05, 0) is 56.2 Å². The molecule has 0 aromatic heterocycles. The van der Waals surface area contributed by atoms with E-state index in [-0.39, 0.29) is 23.7 Å². The van der Waals surface area contributed by atoms with Gasteiger partial charge in [0.15, 0.2) is 0 Å². The number of hydrogen-bond donors (Lipinski definition) is 0. The first-order valence-electron chi connectivity index (χ1n) is 10.9. The molecule has 0 radical (unpaired) electrons. The molecule has 2 aromatic carbocycles. The Hall–Kier alpha value is -2.62. The van der Waals surface area contributed by atoms with Crippen molar-refractivity contribution in [2.24, 2.45) is 11.8 Å². The number of rotatable bonds is 5. The molecule has 152 valence electrons. The molecule has 0 saturated heterocycles. The van der Waals surface area contributed by atoms with Crippen LogP contribution in [0, 0.1) is 11.8 Å². The monoisotopic (exact) mass is 390 g/mol. The van der Waals surface area contributed by atoms with E-state index in [2.05, 4.69) is 24.3 Å². The summed E-state index contributed by atoms with van der Waals surface area (Å²) < 4.78 is 0. The van der Waals surface area contributed by atoms with Crippen LogP contribution in [0.4, 0.5) is 5.69 Å². The number of nitrogens with zero attached hydrogens (tertiary/aromatic N) is 2. The van der Waals surface area contributed by atoms with Crippen molar-refractivity contribution in [3.8, 4) is 0 Å². The van der Waals surface area contributed by atoms with Crippen LogP contribution in [0.1, 0.15) is 43.7 Å². The minimum absolute atomic E-state index is 0.0496. The lowest BCUT2D eigenvalue weighted by Crippen LogP contribution is -2.40. The third kappa shape index (κ3) is 4.21. The number of amides is 2. The maximum Gasteiger partial charge on any atom is 0.230 e. The van der Waals surface area contributed by atoms with Crippen molar-refractivity contribution in [1.29, 1.82) is 0 Å². The zero-order chi connectivity index (χ0) is 20.2. The normalized spacial score (nSPS) is 20.9. The van der Waals surface area contributed by atoms with Gasteiger partial charge in [0.05, 0.1) is 0 Å². The number of benzene rings is 2. The summed E-state index contributed by atoms with van der Waals surface area (Å²) in [6.07, 6.45) is 4.21. The van der Waals surface area contributed by atoms with E-state index in [9.17, 15) is 9.59 Å². The standard InChI is InChI=1S/C25H30N2O2/c1-2-26(18-19-8-4-3-5-9-19)24(28)21-12-14-22(15-13-21)25(29)27-17-16-20-10-6-7-11-23(20)27/h3-11,21-22H,2,12-18H2,1H3.